The molecule has 2 N–H and O–H groups in total. The van der Waals surface area contributed by atoms with E-state index in [2.05, 4.69) is 39.1 Å². The lowest BCUT2D eigenvalue weighted by molar-refractivity contribution is 1.43. The lowest BCUT2D eigenvalue weighted by Crippen LogP contribution is -1.87. The Labute approximate surface area is 101 Å². The standard InChI is InChI=1S/C13H9BrN2/c14-12-7-9(15)6-11-10(12)4-3-8-2-1-5-16-13(8)11/h1-7H,15H2. The van der Waals surface area contributed by atoms with Crippen LogP contribution in [-0.2, 0) is 0 Å². The van der Waals surface area contributed by atoms with Gasteiger partial charge in [0.15, 0.2) is 0 Å². The normalized spacial score (nSPS) is 11.1. The molecule has 0 aliphatic heterocycles. The Hall–Kier alpha value is -1.61. The molecular formula is C13H9BrN2. The maximum absolute atomic E-state index is 5.86. The summed E-state index contributed by atoms with van der Waals surface area (Å²) in [5, 5.41) is 3.36. The van der Waals surface area contributed by atoms with Crippen LogP contribution < -0.4 is 5.73 Å². The van der Waals surface area contributed by atoms with Crippen LogP contribution in [0.5, 0.6) is 0 Å². The van der Waals surface area contributed by atoms with Crippen molar-refractivity contribution in [1.29, 1.82) is 0 Å². The minimum absolute atomic E-state index is 0.748. The first kappa shape index (κ1) is 9.60. The predicted molar refractivity (Wildman–Crippen MR) is 71.4 cm³/mol. The van der Waals surface area contributed by atoms with Gasteiger partial charge in [-0.1, -0.05) is 34.1 Å². The van der Waals surface area contributed by atoms with E-state index in [9.17, 15) is 0 Å². The summed E-state index contributed by atoms with van der Waals surface area (Å²) in [7, 11) is 0. The maximum Gasteiger partial charge on any atom is 0.0781 e. The third-order valence-corrected chi connectivity index (χ3v) is 3.33. The van der Waals surface area contributed by atoms with Gasteiger partial charge in [-0.05, 0) is 23.6 Å². The average Bonchev–Trinajstić information content (AvgIpc) is 2.28. The number of fused-ring (bicyclic) bond motifs is 3. The molecule has 3 heteroatoms. The number of nitrogens with zero attached hydrogens (tertiary/aromatic N) is 1. The summed E-state index contributed by atoms with van der Waals surface area (Å²) < 4.78 is 1.01. The van der Waals surface area contributed by atoms with Gasteiger partial charge in [-0.2, -0.15) is 0 Å². The molecule has 0 spiro atoms. The molecule has 78 valence electrons. The molecule has 1 heterocycles. The molecule has 0 bridgehead atoms. The van der Waals surface area contributed by atoms with Crippen LogP contribution in [-0.4, -0.2) is 4.98 Å². The van der Waals surface area contributed by atoms with Crippen molar-refractivity contribution in [2.75, 3.05) is 5.73 Å². The number of aromatic nitrogens is 1. The topological polar surface area (TPSA) is 38.9 Å². The summed E-state index contributed by atoms with van der Waals surface area (Å²) in [6, 6.07) is 12.0. The zero-order chi connectivity index (χ0) is 11.1. The molecule has 0 amide bonds. The van der Waals surface area contributed by atoms with Gasteiger partial charge in [0.2, 0.25) is 0 Å². The van der Waals surface area contributed by atoms with E-state index >= 15 is 0 Å². The fraction of sp³-hybridized carbons (Fsp3) is 0. The number of nitrogen functional groups attached to an aromatic ring is 1. The van der Waals surface area contributed by atoms with Crippen LogP contribution in [0, 0.1) is 0 Å². The van der Waals surface area contributed by atoms with Crippen molar-refractivity contribution < 1.29 is 0 Å². The van der Waals surface area contributed by atoms with Crippen molar-refractivity contribution in [2.24, 2.45) is 0 Å². The van der Waals surface area contributed by atoms with Crippen molar-refractivity contribution in [3.63, 3.8) is 0 Å². The number of benzene rings is 2. The number of pyridine rings is 1. The van der Waals surface area contributed by atoms with Crippen LogP contribution in [0.4, 0.5) is 5.69 Å². The maximum atomic E-state index is 5.86. The van der Waals surface area contributed by atoms with Gasteiger partial charge in [-0.15, -0.1) is 0 Å². The van der Waals surface area contributed by atoms with Gasteiger partial charge in [0.25, 0.3) is 0 Å². The minimum atomic E-state index is 0.748. The summed E-state index contributed by atoms with van der Waals surface area (Å²) in [6.07, 6.45) is 1.80. The van der Waals surface area contributed by atoms with E-state index in [0.29, 0.717) is 0 Å². The smallest absolute Gasteiger partial charge is 0.0781 e. The molecule has 16 heavy (non-hydrogen) atoms. The highest BCUT2D eigenvalue weighted by molar-refractivity contribution is 9.10. The number of hydrogen-bond acceptors (Lipinski definition) is 2. The summed E-state index contributed by atoms with van der Waals surface area (Å²) in [5.41, 5.74) is 7.60. The fourth-order valence-corrected chi connectivity index (χ4v) is 2.56. The molecule has 0 saturated heterocycles. The monoisotopic (exact) mass is 272 g/mol. The van der Waals surface area contributed by atoms with Gasteiger partial charge in [-0.25, -0.2) is 0 Å². The van der Waals surface area contributed by atoms with Crippen LogP contribution in [0.15, 0.2) is 47.1 Å². The quantitative estimate of drug-likeness (QED) is 0.500. The van der Waals surface area contributed by atoms with Gasteiger partial charge in [0.1, 0.15) is 0 Å². The van der Waals surface area contributed by atoms with Gasteiger partial charge in [-0.3, -0.25) is 4.98 Å². The summed E-state index contributed by atoms with van der Waals surface area (Å²) in [4.78, 5) is 4.42. The molecule has 2 aromatic carbocycles. The van der Waals surface area contributed by atoms with E-state index in [1.807, 2.05) is 18.2 Å². The number of hydrogen-bond donors (Lipinski definition) is 1. The van der Waals surface area contributed by atoms with Gasteiger partial charge in [0.05, 0.1) is 5.52 Å². The molecule has 0 unspecified atom stereocenters. The summed E-state index contributed by atoms with van der Waals surface area (Å²) >= 11 is 3.53. The highest BCUT2D eigenvalue weighted by Gasteiger charge is 2.05. The van der Waals surface area contributed by atoms with Crippen molar-refractivity contribution in [2.45, 2.75) is 0 Å². The molecule has 3 rings (SSSR count). The number of anilines is 1. The molecule has 2 nitrogen and oxygen atoms in total. The average molecular weight is 273 g/mol. The Morgan fingerprint density at radius 2 is 1.94 bits per heavy atom. The van der Waals surface area contributed by atoms with Crippen molar-refractivity contribution >= 4 is 43.3 Å². The fourth-order valence-electron chi connectivity index (χ4n) is 1.95. The molecule has 0 radical (unpaired) electrons. The third-order valence-electron chi connectivity index (χ3n) is 2.68. The van der Waals surface area contributed by atoms with Crippen LogP contribution >= 0.6 is 15.9 Å². The van der Waals surface area contributed by atoms with E-state index in [1.165, 1.54) is 0 Å². The second-order valence-electron chi connectivity index (χ2n) is 3.74. The Balaban J connectivity index is 2.59. The largest absolute Gasteiger partial charge is 0.399 e. The highest BCUT2D eigenvalue weighted by Crippen LogP contribution is 2.31. The minimum Gasteiger partial charge on any atom is -0.399 e. The molecule has 0 atom stereocenters. The Kier molecular flexibility index (Phi) is 2.07. The summed E-state index contributed by atoms with van der Waals surface area (Å²) in [5.74, 6) is 0. The third kappa shape index (κ3) is 1.36. The zero-order valence-corrected chi connectivity index (χ0v) is 10.0. The Bertz CT molecular complexity index is 692. The van der Waals surface area contributed by atoms with E-state index < -0.39 is 0 Å². The molecule has 0 fully saturated rings. The van der Waals surface area contributed by atoms with Crippen molar-refractivity contribution in [1.82, 2.24) is 4.98 Å². The van der Waals surface area contributed by atoms with Gasteiger partial charge in [0, 0.05) is 27.1 Å². The molecule has 3 aromatic rings. The predicted octanol–water partition coefficient (Wildman–Crippen LogP) is 3.73. The van der Waals surface area contributed by atoms with E-state index in [-0.39, 0.29) is 0 Å². The van der Waals surface area contributed by atoms with E-state index in [4.69, 9.17) is 5.73 Å². The van der Waals surface area contributed by atoms with Gasteiger partial charge < -0.3 is 5.73 Å². The van der Waals surface area contributed by atoms with E-state index in [1.54, 1.807) is 6.20 Å². The molecule has 1 aromatic heterocycles. The molecular weight excluding hydrogens is 264 g/mol. The Morgan fingerprint density at radius 1 is 1.06 bits per heavy atom. The van der Waals surface area contributed by atoms with Gasteiger partial charge >= 0.3 is 0 Å². The second kappa shape index (κ2) is 3.46. The number of nitrogens with two attached hydrogens (primary N) is 1. The Morgan fingerprint density at radius 3 is 2.81 bits per heavy atom. The van der Waals surface area contributed by atoms with Crippen LogP contribution in [0.2, 0.25) is 0 Å². The van der Waals surface area contributed by atoms with Crippen LogP contribution in [0.3, 0.4) is 0 Å². The lowest BCUT2D eigenvalue weighted by atomic mass is 10.1. The van der Waals surface area contributed by atoms with Crippen molar-refractivity contribution in [3.05, 3.63) is 47.1 Å². The first-order valence-corrected chi connectivity index (χ1v) is 5.77. The van der Waals surface area contributed by atoms with E-state index in [0.717, 1.165) is 31.8 Å². The number of halogens is 1. The van der Waals surface area contributed by atoms with Crippen LogP contribution in [0.25, 0.3) is 21.7 Å². The lowest BCUT2D eigenvalue weighted by Gasteiger charge is -2.05. The second-order valence-corrected chi connectivity index (χ2v) is 4.59. The first-order chi connectivity index (χ1) is 7.75. The SMILES string of the molecule is Nc1cc(Br)c2ccc3cccnc3c2c1. The first-order valence-electron chi connectivity index (χ1n) is 4.98. The molecule has 0 aliphatic rings. The van der Waals surface area contributed by atoms with Crippen molar-refractivity contribution in [3.8, 4) is 0 Å². The number of rotatable bonds is 0. The van der Waals surface area contributed by atoms with Crippen LogP contribution in [0.1, 0.15) is 0 Å². The highest BCUT2D eigenvalue weighted by atomic mass is 79.9. The molecule has 0 saturated carbocycles. The summed E-state index contributed by atoms with van der Waals surface area (Å²) in [6.45, 7) is 0. The zero-order valence-electron chi connectivity index (χ0n) is 8.44. The molecule has 0 aliphatic carbocycles.